The van der Waals surface area contributed by atoms with Crippen molar-refractivity contribution >= 4 is 45.2 Å². The number of fused-ring (bicyclic) bond motifs is 2. The number of benzene rings is 2. The van der Waals surface area contributed by atoms with Crippen LogP contribution >= 0.6 is 22.9 Å². The van der Waals surface area contributed by atoms with Crippen LogP contribution in [0.25, 0.3) is 10.9 Å². The van der Waals surface area contributed by atoms with Crippen molar-refractivity contribution in [3.63, 3.8) is 0 Å². The molecule has 0 saturated carbocycles. The SMILES string of the molecule is C[C@@H](Nc1c(C#N)cnc2c(Cl)cc(N[C@H](C3=CN(C4CCN(C(C)(C)C)CC4)NN3)c3csc4c3CCN(C3COC3)C4)cc12)c1ccccc1. The molecule has 2 fully saturated rings. The number of hydrogen-bond donors (Lipinski definition) is 4. The zero-order valence-electron chi connectivity index (χ0n) is 30.4. The van der Waals surface area contributed by atoms with Crippen molar-refractivity contribution in [1.29, 1.82) is 5.26 Å². The molecule has 0 unspecified atom stereocenters. The van der Waals surface area contributed by atoms with E-state index in [9.17, 15) is 5.26 Å². The minimum absolute atomic E-state index is 0.0365. The number of ether oxygens (including phenoxy) is 1. The second-order valence-corrected chi connectivity index (χ2v) is 16.9. The van der Waals surface area contributed by atoms with E-state index in [2.05, 4.69) is 105 Å². The number of nitriles is 1. The maximum Gasteiger partial charge on any atom is 0.103 e. The highest BCUT2D eigenvalue weighted by molar-refractivity contribution is 7.10. The van der Waals surface area contributed by atoms with Gasteiger partial charge in [-0.05, 0) is 81.2 Å². The highest BCUT2D eigenvalue weighted by Gasteiger charge is 2.35. The highest BCUT2D eigenvalue weighted by atomic mass is 35.5. The van der Waals surface area contributed by atoms with Crippen molar-refractivity contribution in [3.8, 4) is 6.07 Å². The molecule has 0 aliphatic carbocycles. The van der Waals surface area contributed by atoms with Crippen LogP contribution in [0.4, 0.5) is 11.4 Å². The van der Waals surface area contributed by atoms with Crippen LogP contribution in [0.5, 0.6) is 0 Å². The number of anilines is 2. The Kier molecular flexibility index (Phi) is 9.80. The van der Waals surface area contributed by atoms with Crippen molar-refractivity contribution in [2.24, 2.45) is 0 Å². The Morgan fingerprint density at radius 1 is 1.08 bits per heavy atom. The summed E-state index contributed by atoms with van der Waals surface area (Å²) in [5.74, 6) is 0. The fourth-order valence-corrected chi connectivity index (χ4v) is 9.40. The minimum atomic E-state index is -0.161. The lowest BCUT2D eigenvalue weighted by atomic mass is 9.95. The van der Waals surface area contributed by atoms with E-state index in [0.29, 0.717) is 28.2 Å². The van der Waals surface area contributed by atoms with E-state index < -0.39 is 0 Å². The molecule has 2 aromatic carbocycles. The molecule has 8 rings (SSSR count). The number of nitrogens with zero attached hydrogens (tertiary/aromatic N) is 5. The van der Waals surface area contributed by atoms with Crippen LogP contribution in [-0.4, -0.2) is 70.3 Å². The Morgan fingerprint density at radius 3 is 2.58 bits per heavy atom. The lowest BCUT2D eigenvalue weighted by Gasteiger charge is -2.42. The Bertz CT molecular complexity index is 1990. The molecule has 6 heterocycles. The van der Waals surface area contributed by atoms with Crippen LogP contribution in [0.3, 0.4) is 0 Å². The summed E-state index contributed by atoms with van der Waals surface area (Å²) in [6.45, 7) is 14.8. The van der Waals surface area contributed by atoms with E-state index in [1.54, 1.807) is 6.20 Å². The van der Waals surface area contributed by atoms with E-state index in [1.807, 2.05) is 35.6 Å². The maximum absolute atomic E-state index is 10.2. The van der Waals surface area contributed by atoms with E-state index >= 15 is 0 Å². The summed E-state index contributed by atoms with van der Waals surface area (Å²) in [5, 5.41) is 23.6. The predicted molar refractivity (Wildman–Crippen MR) is 210 cm³/mol. The lowest BCUT2D eigenvalue weighted by molar-refractivity contribution is -0.0691. The molecule has 0 bridgehead atoms. The second-order valence-electron chi connectivity index (χ2n) is 15.5. The van der Waals surface area contributed by atoms with Gasteiger partial charge in [-0.25, -0.2) is 0 Å². The Balaban J connectivity index is 1.13. The number of piperidine rings is 1. The number of hydrogen-bond acceptors (Lipinski definition) is 11. The maximum atomic E-state index is 10.2. The van der Waals surface area contributed by atoms with Crippen molar-refractivity contribution < 1.29 is 4.74 Å². The van der Waals surface area contributed by atoms with Crippen LogP contribution < -0.4 is 21.6 Å². The molecule has 0 radical (unpaired) electrons. The summed E-state index contributed by atoms with van der Waals surface area (Å²) >= 11 is 8.87. The third-order valence-electron chi connectivity index (χ3n) is 11.2. The molecular weight excluding hydrogens is 690 g/mol. The molecule has 10 nitrogen and oxygen atoms in total. The first kappa shape index (κ1) is 35.2. The molecule has 52 heavy (non-hydrogen) atoms. The van der Waals surface area contributed by atoms with E-state index in [-0.39, 0.29) is 17.6 Å². The summed E-state index contributed by atoms with van der Waals surface area (Å²) in [6, 6.07) is 17.4. The Labute approximate surface area is 315 Å². The van der Waals surface area contributed by atoms with Gasteiger partial charge >= 0.3 is 0 Å². The highest BCUT2D eigenvalue weighted by Crippen LogP contribution is 2.41. The molecule has 2 aromatic heterocycles. The summed E-state index contributed by atoms with van der Waals surface area (Å²) in [4.78, 5) is 11.2. The summed E-state index contributed by atoms with van der Waals surface area (Å²) in [7, 11) is 0. The van der Waals surface area contributed by atoms with Crippen molar-refractivity contribution in [3.05, 3.63) is 98.1 Å². The standard InChI is InChI=1S/C40H48ClN9OS/c1-25(26-8-6-5-7-9-26)44-37-27(18-42)19-43-38-32(37)16-28(17-34(38)41)45-39(33-24-52-36-21-48(13-12-31(33)36)30-22-51-23-30)35-20-50(47-46-35)29-10-14-49(15-11-29)40(2,3)4/h5-9,16-17,19-20,24-25,29-30,39,45-47H,10-15,21-23H2,1-4H3,(H,43,44)/t25-,39+/m1/s1. The number of thiophene rings is 1. The number of hydrazine groups is 2. The first-order valence-electron chi connectivity index (χ1n) is 18.4. The third-order valence-corrected chi connectivity index (χ3v) is 12.5. The third kappa shape index (κ3) is 6.96. The van der Waals surface area contributed by atoms with Crippen molar-refractivity contribution in [2.75, 3.05) is 43.5 Å². The molecule has 4 aliphatic heterocycles. The largest absolute Gasteiger partial charge is 0.378 e. The zero-order chi connectivity index (χ0) is 36.0. The van der Waals surface area contributed by atoms with Crippen LogP contribution in [0.1, 0.15) is 79.8 Å². The van der Waals surface area contributed by atoms with Gasteiger partial charge in [-0.1, -0.05) is 41.9 Å². The van der Waals surface area contributed by atoms with Gasteiger partial charge in [0.1, 0.15) is 6.07 Å². The quantitative estimate of drug-likeness (QED) is 0.140. The van der Waals surface area contributed by atoms with Gasteiger partial charge in [0.25, 0.3) is 0 Å². The number of halogens is 1. The monoisotopic (exact) mass is 737 g/mol. The molecule has 2 atom stereocenters. The van der Waals surface area contributed by atoms with Gasteiger partial charge in [-0.3, -0.25) is 19.8 Å². The van der Waals surface area contributed by atoms with Gasteiger partial charge < -0.3 is 20.8 Å². The number of pyridine rings is 1. The van der Waals surface area contributed by atoms with Gasteiger partial charge in [0.2, 0.25) is 0 Å². The first-order chi connectivity index (χ1) is 25.2. The molecule has 4 N–H and O–H groups in total. The van der Waals surface area contributed by atoms with Crippen LogP contribution in [0.2, 0.25) is 5.02 Å². The molecule has 4 aliphatic rings. The number of rotatable bonds is 9. The van der Waals surface area contributed by atoms with Gasteiger partial charge in [0.15, 0.2) is 0 Å². The molecule has 12 heteroatoms. The van der Waals surface area contributed by atoms with Gasteiger partial charge in [0, 0.05) is 72.1 Å². The van der Waals surface area contributed by atoms with E-state index in [1.165, 1.54) is 16.0 Å². The number of likely N-dealkylation sites (tertiary alicyclic amines) is 1. The number of nitrogens with one attached hydrogen (secondary N) is 4. The molecule has 2 saturated heterocycles. The van der Waals surface area contributed by atoms with E-state index in [4.69, 9.17) is 16.3 Å². The first-order valence-corrected chi connectivity index (χ1v) is 19.7. The fourth-order valence-electron chi connectivity index (χ4n) is 7.98. The normalized spacial score (nSPS) is 20.1. The Morgan fingerprint density at radius 2 is 1.87 bits per heavy atom. The second kappa shape index (κ2) is 14.5. The zero-order valence-corrected chi connectivity index (χ0v) is 31.9. The summed E-state index contributed by atoms with van der Waals surface area (Å²) < 4.78 is 5.53. The number of aromatic nitrogens is 1. The summed E-state index contributed by atoms with van der Waals surface area (Å²) in [5.41, 5.74) is 14.9. The lowest BCUT2D eigenvalue weighted by Crippen LogP contribution is -2.52. The average Bonchev–Trinajstić information content (AvgIpc) is 3.78. The molecular formula is C40H48ClN9OS. The van der Waals surface area contributed by atoms with Gasteiger partial charge in [0.05, 0.1) is 52.8 Å². The van der Waals surface area contributed by atoms with Crippen LogP contribution in [-0.2, 0) is 17.7 Å². The molecule has 272 valence electrons. The van der Waals surface area contributed by atoms with Crippen molar-refractivity contribution in [2.45, 2.75) is 83.2 Å². The Hall–Kier alpha value is -3.89. The van der Waals surface area contributed by atoms with Crippen LogP contribution in [0, 0.1) is 11.3 Å². The predicted octanol–water partition coefficient (Wildman–Crippen LogP) is 7.33. The van der Waals surface area contributed by atoms with Gasteiger partial charge in [-0.15, -0.1) is 16.9 Å². The molecule has 0 amide bonds. The summed E-state index contributed by atoms with van der Waals surface area (Å²) in [6.07, 6.45) is 7.05. The van der Waals surface area contributed by atoms with Crippen molar-refractivity contribution in [1.82, 2.24) is 30.8 Å². The minimum Gasteiger partial charge on any atom is -0.378 e. The van der Waals surface area contributed by atoms with Crippen LogP contribution in [0.15, 0.2) is 65.9 Å². The smallest absolute Gasteiger partial charge is 0.103 e. The van der Waals surface area contributed by atoms with Gasteiger partial charge in [-0.2, -0.15) is 5.26 Å². The topological polar surface area (TPSA) is 104 Å². The fraction of sp³-hybridized carbons (Fsp3) is 0.450. The van der Waals surface area contributed by atoms with E-state index in [0.717, 1.165) is 86.7 Å². The molecule has 0 spiro atoms. The average molecular weight is 738 g/mol. The molecule has 4 aromatic rings.